The molecule has 2 aromatic rings. The molecule has 0 saturated carbocycles. The zero-order valence-electron chi connectivity index (χ0n) is 12.3. The number of hydrogen-bond acceptors (Lipinski definition) is 3. The van der Waals surface area contributed by atoms with Crippen LogP contribution in [0.1, 0.15) is 18.1 Å². The molecular formula is C17H20N2O2. The van der Waals surface area contributed by atoms with E-state index < -0.39 is 0 Å². The van der Waals surface area contributed by atoms with Crippen molar-refractivity contribution in [2.75, 3.05) is 17.7 Å². The van der Waals surface area contributed by atoms with E-state index in [9.17, 15) is 4.79 Å². The molecule has 0 spiro atoms. The predicted molar refractivity (Wildman–Crippen MR) is 85.5 cm³/mol. The highest BCUT2D eigenvalue weighted by Gasteiger charge is 2.08. The molecule has 0 fully saturated rings. The molecule has 1 amide bonds. The average Bonchev–Trinajstić information content (AvgIpc) is 2.48. The quantitative estimate of drug-likeness (QED) is 0.829. The van der Waals surface area contributed by atoms with E-state index in [2.05, 4.69) is 12.2 Å². The van der Waals surface area contributed by atoms with Crippen LogP contribution in [0.2, 0.25) is 0 Å². The van der Waals surface area contributed by atoms with Crippen LogP contribution >= 0.6 is 0 Å². The summed E-state index contributed by atoms with van der Waals surface area (Å²) in [5, 5.41) is 2.76. The Bertz CT molecular complexity index is 638. The Morgan fingerprint density at radius 2 is 2.00 bits per heavy atom. The van der Waals surface area contributed by atoms with E-state index in [-0.39, 0.29) is 12.5 Å². The van der Waals surface area contributed by atoms with Crippen LogP contribution in [-0.4, -0.2) is 12.5 Å². The zero-order valence-corrected chi connectivity index (χ0v) is 12.3. The van der Waals surface area contributed by atoms with E-state index in [0.717, 1.165) is 23.3 Å². The van der Waals surface area contributed by atoms with Crippen molar-refractivity contribution in [1.82, 2.24) is 0 Å². The molecule has 0 radical (unpaired) electrons. The molecule has 2 rings (SSSR count). The van der Waals surface area contributed by atoms with Gasteiger partial charge in [0.05, 0.1) is 11.4 Å². The molecule has 0 aromatic heterocycles. The van der Waals surface area contributed by atoms with Crippen molar-refractivity contribution in [2.24, 2.45) is 0 Å². The lowest BCUT2D eigenvalue weighted by Crippen LogP contribution is -2.21. The van der Waals surface area contributed by atoms with Gasteiger partial charge in [0.25, 0.3) is 5.91 Å². The Morgan fingerprint density at radius 1 is 1.24 bits per heavy atom. The van der Waals surface area contributed by atoms with Gasteiger partial charge in [-0.2, -0.15) is 0 Å². The number of para-hydroxylation sites is 1. The van der Waals surface area contributed by atoms with Crippen molar-refractivity contribution in [3.8, 4) is 5.75 Å². The fourth-order valence-corrected chi connectivity index (χ4v) is 2.06. The van der Waals surface area contributed by atoms with Crippen molar-refractivity contribution in [3.63, 3.8) is 0 Å². The first-order valence-corrected chi connectivity index (χ1v) is 6.97. The largest absolute Gasteiger partial charge is 0.483 e. The van der Waals surface area contributed by atoms with Crippen LogP contribution in [0.5, 0.6) is 5.75 Å². The van der Waals surface area contributed by atoms with Gasteiger partial charge in [0.2, 0.25) is 0 Å². The van der Waals surface area contributed by atoms with E-state index in [1.165, 1.54) is 0 Å². The fraction of sp³-hybridized carbons (Fsp3) is 0.235. The number of ether oxygens (including phenoxy) is 1. The van der Waals surface area contributed by atoms with Gasteiger partial charge in [-0.3, -0.25) is 4.79 Å². The first-order chi connectivity index (χ1) is 10.1. The highest BCUT2D eigenvalue weighted by atomic mass is 16.5. The van der Waals surface area contributed by atoms with E-state index >= 15 is 0 Å². The summed E-state index contributed by atoms with van der Waals surface area (Å²) >= 11 is 0. The van der Waals surface area contributed by atoms with Crippen molar-refractivity contribution >= 4 is 17.3 Å². The Balaban J connectivity index is 1.96. The molecule has 110 valence electrons. The number of hydrogen-bond donors (Lipinski definition) is 2. The molecule has 0 aliphatic heterocycles. The Hall–Kier alpha value is -2.49. The van der Waals surface area contributed by atoms with Crippen LogP contribution in [-0.2, 0) is 11.2 Å². The third-order valence-electron chi connectivity index (χ3n) is 3.19. The molecule has 0 saturated heterocycles. The van der Waals surface area contributed by atoms with Crippen LogP contribution < -0.4 is 15.8 Å². The van der Waals surface area contributed by atoms with Crippen LogP contribution in [0.4, 0.5) is 11.4 Å². The number of aryl methyl sites for hydroxylation is 2. The van der Waals surface area contributed by atoms with Gasteiger partial charge in [-0.25, -0.2) is 0 Å². The summed E-state index contributed by atoms with van der Waals surface area (Å²) in [5.41, 5.74) is 9.17. The summed E-state index contributed by atoms with van der Waals surface area (Å²) in [5.74, 6) is 0.517. The Morgan fingerprint density at radius 3 is 2.71 bits per heavy atom. The lowest BCUT2D eigenvalue weighted by molar-refractivity contribution is -0.118. The Labute approximate surface area is 124 Å². The number of nitrogens with two attached hydrogens (primary N) is 1. The van der Waals surface area contributed by atoms with Crippen LogP contribution in [0.3, 0.4) is 0 Å². The summed E-state index contributed by atoms with van der Waals surface area (Å²) in [7, 11) is 0. The summed E-state index contributed by atoms with van der Waals surface area (Å²) in [4.78, 5) is 11.9. The van der Waals surface area contributed by atoms with Crippen molar-refractivity contribution < 1.29 is 9.53 Å². The molecule has 0 aliphatic carbocycles. The van der Waals surface area contributed by atoms with Gasteiger partial charge < -0.3 is 15.8 Å². The van der Waals surface area contributed by atoms with Gasteiger partial charge in [-0.05, 0) is 42.7 Å². The minimum absolute atomic E-state index is 0.0374. The predicted octanol–water partition coefficient (Wildman–Crippen LogP) is 3.16. The first kappa shape index (κ1) is 14.9. The van der Waals surface area contributed by atoms with Crippen LogP contribution in [0.15, 0.2) is 42.5 Å². The molecule has 3 N–H and O–H groups in total. The van der Waals surface area contributed by atoms with Gasteiger partial charge >= 0.3 is 0 Å². The number of carbonyl (C=O) groups is 1. The smallest absolute Gasteiger partial charge is 0.262 e. The van der Waals surface area contributed by atoms with Crippen molar-refractivity contribution in [3.05, 3.63) is 53.6 Å². The normalized spacial score (nSPS) is 10.2. The Kier molecular flexibility index (Phi) is 4.82. The van der Waals surface area contributed by atoms with Gasteiger partial charge in [0, 0.05) is 0 Å². The number of anilines is 2. The minimum Gasteiger partial charge on any atom is -0.483 e. The molecule has 0 bridgehead atoms. The topological polar surface area (TPSA) is 64.3 Å². The monoisotopic (exact) mass is 284 g/mol. The zero-order chi connectivity index (χ0) is 15.2. The lowest BCUT2D eigenvalue weighted by Gasteiger charge is -2.11. The number of benzene rings is 2. The SMILES string of the molecule is CCc1ccccc1OCC(=O)Nc1ccc(C)cc1N. The number of amides is 1. The molecule has 4 heteroatoms. The number of carbonyl (C=O) groups excluding carboxylic acids is 1. The van der Waals surface area contributed by atoms with E-state index in [1.807, 2.05) is 43.3 Å². The highest BCUT2D eigenvalue weighted by Crippen LogP contribution is 2.20. The fourth-order valence-electron chi connectivity index (χ4n) is 2.06. The standard InChI is InChI=1S/C17H20N2O2/c1-3-13-6-4-5-7-16(13)21-11-17(20)19-15-9-8-12(2)10-14(15)18/h4-10H,3,11,18H2,1-2H3,(H,19,20). The molecule has 0 aliphatic rings. The van der Waals surface area contributed by atoms with Gasteiger partial charge in [-0.1, -0.05) is 31.2 Å². The van der Waals surface area contributed by atoms with Crippen molar-refractivity contribution in [1.29, 1.82) is 0 Å². The lowest BCUT2D eigenvalue weighted by atomic mass is 10.1. The molecule has 0 unspecified atom stereocenters. The number of nitrogen functional groups attached to an aromatic ring is 1. The average molecular weight is 284 g/mol. The molecular weight excluding hydrogens is 264 g/mol. The maximum Gasteiger partial charge on any atom is 0.262 e. The molecule has 21 heavy (non-hydrogen) atoms. The highest BCUT2D eigenvalue weighted by molar-refractivity contribution is 5.94. The van der Waals surface area contributed by atoms with Gasteiger partial charge in [0.1, 0.15) is 5.75 Å². The van der Waals surface area contributed by atoms with E-state index in [0.29, 0.717) is 11.4 Å². The molecule has 4 nitrogen and oxygen atoms in total. The first-order valence-electron chi connectivity index (χ1n) is 6.97. The van der Waals surface area contributed by atoms with Crippen LogP contribution in [0, 0.1) is 6.92 Å². The van der Waals surface area contributed by atoms with Gasteiger partial charge in [-0.15, -0.1) is 0 Å². The minimum atomic E-state index is -0.226. The van der Waals surface area contributed by atoms with E-state index in [4.69, 9.17) is 10.5 Å². The summed E-state index contributed by atoms with van der Waals surface area (Å²) in [6.45, 7) is 3.96. The maximum atomic E-state index is 11.9. The molecule has 0 atom stereocenters. The number of nitrogens with one attached hydrogen (secondary N) is 1. The second-order valence-electron chi connectivity index (χ2n) is 4.89. The second-order valence-corrected chi connectivity index (χ2v) is 4.89. The molecule has 2 aromatic carbocycles. The molecule has 0 heterocycles. The summed E-state index contributed by atoms with van der Waals surface area (Å²) < 4.78 is 5.57. The van der Waals surface area contributed by atoms with Crippen molar-refractivity contribution in [2.45, 2.75) is 20.3 Å². The summed E-state index contributed by atoms with van der Waals surface area (Å²) in [6.07, 6.45) is 0.864. The summed E-state index contributed by atoms with van der Waals surface area (Å²) in [6, 6.07) is 13.2. The second kappa shape index (κ2) is 6.79. The number of rotatable bonds is 5. The maximum absolute atomic E-state index is 11.9. The van der Waals surface area contributed by atoms with Gasteiger partial charge in [0.15, 0.2) is 6.61 Å². The third kappa shape index (κ3) is 3.99. The van der Waals surface area contributed by atoms with Crippen LogP contribution in [0.25, 0.3) is 0 Å². The third-order valence-corrected chi connectivity index (χ3v) is 3.19. The van der Waals surface area contributed by atoms with E-state index in [1.54, 1.807) is 6.07 Å².